The van der Waals surface area contributed by atoms with Gasteiger partial charge in [-0.1, -0.05) is 66.2 Å². The molecule has 0 bridgehead atoms. The highest BCUT2D eigenvalue weighted by molar-refractivity contribution is 6.61. The predicted octanol–water partition coefficient (Wildman–Crippen LogP) is 5.29. The standard InChI is InChI=1S/C16H9Cl2NO2/c17-15-14(21-16(18)20)12-9-5-4-8-11(12)13(19-15)10-6-2-1-3-7-10/h1-9H. The molecule has 0 unspecified atom stereocenters. The zero-order chi connectivity index (χ0) is 14.8. The molecule has 2 aromatic carbocycles. The topological polar surface area (TPSA) is 39.2 Å². The molecule has 3 rings (SSSR count). The normalized spacial score (nSPS) is 10.6. The molecular weight excluding hydrogens is 309 g/mol. The minimum absolute atomic E-state index is 0.0987. The summed E-state index contributed by atoms with van der Waals surface area (Å²) in [5.74, 6) is 0.173. The second kappa shape index (κ2) is 5.72. The maximum absolute atomic E-state index is 11.0. The number of ether oxygens (including phenoxy) is 1. The molecule has 0 aliphatic heterocycles. The first-order valence-corrected chi connectivity index (χ1v) is 6.93. The molecule has 104 valence electrons. The van der Waals surface area contributed by atoms with Gasteiger partial charge in [0.1, 0.15) is 0 Å². The summed E-state index contributed by atoms with van der Waals surface area (Å²) in [6.07, 6.45) is 0. The highest BCUT2D eigenvalue weighted by atomic mass is 35.5. The van der Waals surface area contributed by atoms with Gasteiger partial charge in [0, 0.05) is 27.9 Å². The van der Waals surface area contributed by atoms with Gasteiger partial charge in [-0.2, -0.15) is 0 Å². The van der Waals surface area contributed by atoms with Gasteiger partial charge in [0.15, 0.2) is 10.9 Å². The second-order valence-electron chi connectivity index (χ2n) is 4.33. The Balaban J connectivity index is 2.32. The van der Waals surface area contributed by atoms with Crippen LogP contribution in [0.3, 0.4) is 0 Å². The fourth-order valence-corrected chi connectivity index (χ4v) is 2.50. The number of carbonyl (C=O) groups excluding carboxylic acids is 1. The first-order chi connectivity index (χ1) is 10.2. The van der Waals surface area contributed by atoms with Crippen LogP contribution in [0.4, 0.5) is 4.79 Å². The van der Waals surface area contributed by atoms with Crippen LogP contribution in [-0.2, 0) is 0 Å². The summed E-state index contributed by atoms with van der Waals surface area (Å²) in [5.41, 5.74) is 0.709. The summed E-state index contributed by atoms with van der Waals surface area (Å²) in [5, 5.41) is 1.62. The fraction of sp³-hybridized carbons (Fsp3) is 0. The number of halogens is 2. The van der Waals surface area contributed by atoms with Gasteiger partial charge < -0.3 is 4.74 Å². The van der Waals surface area contributed by atoms with E-state index in [0.717, 1.165) is 16.6 Å². The lowest BCUT2D eigenvalue weighted by Crippen LogP contribution is -2.00. The Hall–Kier alpha value is -2.10. The number of rotatable bonds is 2. The van der Waals surface area contributed by atoms with Crippen molar-refractivity contribution in [2.24, 2.45) is 0 Å². The lowest BCUT2D eigenvalue weighted by atomic mass is 10.0. The van der Waals surface area contributed by atoms with E-state index < -0.39 is 5.43 Å². The third-order valence-corrected chi connectivity index (χ3v) is 3.39. The van der Waals surface area contributed by atoms with E-state index in [1.165, 1.54) is 0 Å². The van der Waals surface area contributed by atoms with E-state index in [9.17, 15) is 4.79 Å². The first kappa shape index (κ1) is 13.9. The minimum atomic E-state index is -0.948. The zero-order valence-electron chi connectivity index (χ0n) is 10.7. The Kier molecular flexibility index (Phi) is 3.78. The molecule has 0 radical (unpaired) electrons. The van der Waals surface area contributed by atoms with E-state index >= 15 is 0 Å². The second-order valence-corrected chi connectivity index (χ2v) is 5.00. The predicted molar refractivity (Wildman–Crippen MR) is 84.1 cm³/mol. The van der Waals surface area contributed by atoms with Crippen LogP contribution in [0.15, 0.2) is 54.6 Å². The average molecular weight is 318 g/mol. The summed E-state index contributed by atoms with van der Waals surface area (Å²) < 4.78 is 4.98. The van der Waals surface area contributed by atoms with Gasteiger partial charge in [-0.05, 0) is 0 Å². The van der Waals surface area contributed by atoms with Gasteiger partial charge >= 0.3 is 5.43 Å². The number of hydrogen-bond donors (Lipinski definition) is 0. The number of pyridine rings is 1. The van der Waals surface area contributed by atoms with Crippen molar-refractivity contribution in [3.63, 3.8) is 0 Å². The number of nitrogens with zero attached hydrogens (tertiary/aromatic N) is 1. The van der Waals surface area contributed by atoms with Crippen molar-refractivity contribution in [3.05, 3.63) is 59.8 Å². The summed E-state index contributed by atoms with van der Waals surface area (Å²) in [7, 11) is 0. The Morgan fingerprint density at radius 2 is 1.57 bits per heavy atom. The third-order valence-electron chi connectivity index (χ3n) is 3.05. The smallest absolute Gasteiger partial charge is 0.409 e. The quantitative estimate of drug-likeness (QED) is 0.476. The molecule has 0 fully saturated rings. The van der Waals surface area contributed by atoms with Crippen molar-refractivity contribution in [1.82, 2.24) is 4.98 Å². The average Bonchev–Trinajstić information content (AvgIpc) is 2.50. The van der Waals surface area contributed by atoms with Crippen LogP contribution in [0.5, 0.6) is 5.75 Å². The maximum Gasteiger partial charge on any atom is 0.409 e. The van der Waals surface area contributed by atoms with Crippen LogP contribution in [0.25, 0.3) is 22.0 Å². The molecule has 1 aromatic heterocycles. The summed E-state index contributed by atoms with van der Waals surface area (Å²) in [4.78, 5) is 15.4. The van der Waals surface area contributed by atoms with Gasteiger partial charge in [-0.15, -0.1) is 0 Å². The fourth-order valence-electron chi connectivity index (χ4n) is 2.20. The number of benzene rings is 2. The van der Waals surface area contributed by atoms with Crippen molar-refractivity contribution in [1.29, 1.82) is 0 Å². The molecule has 0 amide bonds. The minimum Gasteiger partial charge on any atom is -0.411 e. The Morgan fingerprint density at radius 1 is 0.952 bits per heavy atom. The molecule has 21 heavy (non-hydrogen) atoms. The Bertz CT molecular complexity index is 819. The summed E-state index contributed by atoms with van der Waals surface area (Å²) >= 11 is 11.4. The Morgan fingerprint density at radius 3 is 2.24 bits per heavy atom. The van der Waals surface area contributed by atoms with E-state index in [4.69, 9.17) is 27.9 Å². The zero-order valence-corrected chi connectivity index (χ0v) is 12.2. The van der Waals surface area contributed by atoms with Crippen LogP contribution >= 0.6 is 23.2 Å². The van der Waals surface area contributed by atoms with Crippen LogP contribution in [-0.4, -0.2) is 10.4 Å². The van der Waals surface area contributed by atoms with Crippen molar-refractivity contribution >= 4 is 39.4 Å². The number of aromatic nitrogens is 1. The molecule has 0 saturated carbocycles. The molecule has 0 N–H and O–H groups in total. The van der Waals surface area contributed by atoms with Gasteiger partial charge in [0.2, 0.25) is 0 Å². The van der Waals surface area contributed by atoms with Crippen LogP contribution in [0, 0.1) is 0 Å². The molecule has 0 aliphatic rings. The molecule has 0 spiro atoms. The van der Waals surface area contributed by atoms with E-state index in [1.54, 1.807) is 0 Å². The highest BCUT2D eigenvalue weighted by Gasteiger charge is 2.16. The molecule has 3 nitrogen and oxygen atoms in total. The van der Waals surface area contributed by atoms with Crippen molar-refractivity contribution < 1.29 is 9.53 Å². The van der Waals surface area contributed by atoms with Gasteiger partial charge in [0.05, 0.1) is 5.69 Å². The monoisotopic (exact) mass is 317 g/mol. The number of hydrogen-bond acceptors (Lipinski definition) is 3. The SMILES string of the molecule is O=C(Cl)Oc1c(Cl)nc(-c2ccccc2)c2ccccc12. The van der Waals surface area contributed by atoms with E-state index in [1.807, 2.05) is 54.6 Å². The van der Waals surface area contributed by atoms with E-state index in [2.05, 4.69) is 4.98 Å². The molecule has 1 heterocycles. The lowest BCUT2D eigenvalue weighted by Gasteiger charge is -2.11. The van der Waals surface area contributed by atoms with Gasteiger partial charge in [-0.3, -0.25) is 0 Å². The summed E-state index contributed by atoms with van der Waals surface area (Å²) in [6, 6.07) is 17.1. The number of carbonyl (C=O) groups is 1. The van der Waals surface area contributed by atoms with Crippen LogP contribution in [0.2, 0.25) is 5.15 Å². The molecule has 5 heteroatoms. The van der Waals surface area contributed by atoms with Gasteiger partial charge in [-0.25, -0.2) is 9.78 Å². The Labute approximate surface area is 131 Å². The highest BCUT2D eigenvalue weighted by Crippen LogP contribution is 2.37. The van der Waals surface area contributed by atoms with Crippen molar-refractivity contribution in [2.45, 2.75) is 0 Å². The molecule has 3 aromatic rings. The first-order valence-electron chi connectivity index (χ1n) is 6.18. The van der Waals surface area contributed by atoms with Crippen LogP contribution in [0.1, 0.15) is 0 Å². The van der Waals surface area contributed by atoms with E-state index in [0.29, 0.717) is 5.39 Å². The molecular formula is C16H9Cl2NO2. The van der Waals surface area contributed by atoms with E-state index in [-0.39, 0.29) is 10.9 Å². The lowest BCUT2D eigenvalue weighted by molar-refractivity contribution is 0.226. The maximum atomic E-state index is 11.0. The largest absolute Gasteiger partial charge is 0.411 e. The molecule has 0 saturated heterocycles. The van der Waals surface area contributed by atoms with Crippen molar-refractivity contribution in [3.8, 4) is 17.0 Å². The summed E-state index contributed by atoms with van der Waals surface area (Å²) in [6.45, 7) is 0. The van der Waals surface area contributed by atoms with Crippen LogP contribution < -0.4 is 4.74 Å². The molecule has 0 atom stereocenters. The molecule has 0 aliphatic carbocycles. The van der Waals surface area contributed by atoms with Gasteiger partial charge in [0.25, 0.3) is 0 Å². The van der Waals surface area contributed by atoms with Crippen molar-refractivity contribution in [2.75, 3.05) is 0 Å². The number of fused-ring (bicyclic) bond motifs is 1. The third kappa shape index (κ3) is 2.71.